The first-order valence-corrected chi connectivity index (χ1v) is 18.7. The third-order valence-electron chi connectivity index (χ3n) is 10.6. The average Bonchev–Trinajstić information content (AvgIpc) is 3.84. The number of rotatable bonds is 6. The highest BCUT2D eigenvalue weighted by molar-refractivity contribution is 6.09. The maximum atomic E-state index is 6.48. The highest BCUT2D eigenvalue weighted by atomic mass is 16.3. The highest BCUT2D eigenvalue weighted by Crippen LogP contribution is 2.37. The molecule has 0 atom stereocenters. The lowest BCUT2D eigenvalue weighted by Gasteiger charge is -2.10. The van der Waals surface area contributed by atoms with Gasteiger partial charge in [-0.15, -0.1) is 0 Å². The zero-order valence-corrected chi connectivity index (χ0v) is 30.1. The molecule has 0 saturated heterocycles. The van der Waals surface area contributed by atoms with Crippen molar-refractivity contribution in [1.82, 2.24) is 15.0 Å². The zero-order valence-electron chi connectivity index (χ0n) is 30.1. The first-order valence-electron chi connectivity index (χ1n) is 18.7. The second-order valence-electron chi connectivity index (χ2n) is 14.0. The maximum absolute atomic E-state index is 6.48. The van der Waals surface area contributed by atoms with E-state index in [1.807, 2.05) is 36.4 Å². The van der Waals surface area contributed by atoms with E-state index in [1.54, 1.807) is 0 Å². The molecule has 0 aliphatic heterocycles. The van der Waals surface area contributed by atoms with Gasteiger partial charge in [0.1, 0.15) is 22.3 Å². The number of nitrogens with zero attached hydrogens (tertiary/aromatic N) is 3. The molecule has 0 fully saturated rings. The van der Waals surface area contributed by atoms with Gasteiger partial charge in [0.05, 0.1) is 0 Å². The largest absolute Gasteiger partial charge is 0.456 e. The third kappa shape index (κ3) is 5.62. The summed E-state index contributed by atoms with van der Waals surface area (Å²) in [7, 11) is 0. The minimum Gasteiger partial charge on any atom is -0.456 e. The van der Waals surface area contributed by atoms with Crippen molar-refractivity contribution < 1.29 is 8.83 Å². The molecule has 11 rings (SSSR count). The first-order chi connectivity index (χ1) is 27.7. The second kappa shape index (κ2) is 13.0. The van der Waals surface area contributed by atoms with Crippen LogP contribution in [0, 0.1) is 0 Å². The molecule has 0 aliphatic carbocycles. The molecule has 0 unspecified atom stereocenters. The number of furan rings is 2. The van der Waals surface area contributed by atoms with Crippen LogP contribution >= 0.6 is 0 Å². The Kier molecular flexibility index (Phi) is 7.42. The van der Waals surface area contributed by atoms with Crippen molar-refractivity contribution in [3.63, 3.8) is 0 Å². The van der Waals surface area contributed by atoms with Crippen molar-refractivity contribution >= 4 is 43.9 Å². The number of fused-ring (bicyclic) bond motifs is 6. The Labute approximate surface area is 322 Å². The van der Waals surface area contributed by atoms with Gasteiger partial charge in [-0.3, -0.25) is 0 Å². The Morgan fingerprint density at radius 1 is 0.232 bits per heavy atom. The van der Waals surface area contributed by atoms with Crippen LogP contribution in [0.5, 0.6) is 0 Å². The van der Waals surface area contributed by atoms with Gasteiger partial charge in [-0.2, -0.15) is 0 Å². The molecule has 3 aromatic heterocycles. The Morgan fingerprint density at radius 2 is 0.643 bits per heavy atom. The van der Waals surface area contributed by atoms with E-state index in [-0.39, 0.29) is 0 Å². The van der Waals surface area contributed by atoms with E-state index in [1.165, 1.54) is 0 Å². The molecule has 0 amide bonds. The van der Waals surface area contributed by atoms with Crippen LogP contribution in [0.3, 0.4) is 0 Å². The predicted molar refractivity (Wildman–Crippen MR) is 227 cm³/mol. The molecule has 8 aromatic carbocycles. The van der Waals surface area contributed by atoms with Gasteiger partial charge < -0.3 is 8.83 Å². The summed E-state index contributed by atoms with van der Waals surface area (Å²) >= 11 is 0. The summed E-state index contributed by atoms with van der Waals surface area (Å²) in [6.45, 7) is 0. The summed E-state index contributed by atoms with van der Waals surface area (Å²) < 4.78 is 12.6. The number of hydrogen-bond acceptors (Lipinski definition) is 5. The lowest BCUT2D eigenvalue weighted by Crippen LogP contribution is -2.00. The van der Waals surface area contributed by atoms with Crippen molar-refractivity contribution in [2.24, 2.45) is 0 Å². The molecule has 0 saturated carbocycles. The number of benzene rings is 8. The number of para-hydroxylation sites is 1. The summed E-state index contributed by atoms with van der Waals surface area (Å²) in [4.78, 5) is 15.2. The van der Waals surface area contributed by atoms with E-state index in [2.05, 4.69) is 152 Å². The molecule has 3 heterocycles. The smallest absolute Gasteiger partial charge is 0.164 e. The summed E-state index contributed by atoms with van der Waals surface area (Å²) in [6, 6.07) is 64.7. The molecule has 0 bridgehead atoms. The van der Waals surface area contributed by atoms with Gasteiger partial charge in [-0.25, -0.2) is 15.0 Å². The number of aromatic nitrogens is 3. The molecule has 0 N–H and O–H groups in total. The quantitative estimate of drug-likeness (QED) is 0.171. The van der Waals surface area contributed by atoms with Crippen molar-refractivity contribution in [3.8, 4) is 67.5 Å². The van der Waals surface area contributed by atoms with Crippen molar-refractivity contribution in [2.75, 3.05) is 0 Å². The zero-order chi connectivity index (χ0) is 37.0. The predicted octanol–water partition coefficient (Wildman–Crippen LogP) is 13.7. The summed E-state index contributed by atoms with van der Waals surface area (Å²) in [5.41, 5.74) is 12.8. The molecule has 0 spiro atoms. The van der Waals surface area contributed by atoms with Crippen LogP contribution in [0.1, 0.15) is 0 Å². The van der Waals surface area contributed by atoms with E-state index in [4.69, 9.17) is 23.8 Å². The lowest BCUT2D eigenvalue weighted by molar-refractivity contribution is 0.668. The minimum atomic E-state index is 0.575. The summed E-state index contributed by atoms with van der Waals surface area (Å²) in [5.74, 6) is 1.78. The van der Waals surface area contributed by atoms with E-state index in [0.29, 0.717) is 17.5 Å². The first kappa shape index (κ1) is 31.9. The van der Waals surface area contributed by atoms with E-state index in [0.717, 1.165) is 93.9 Å². The average molecular weight is 718 g/mol. The Balaban J connectivity index is 1.01. The van der Waals surface area contributed by atoms with Gasteiger partial charge in [0.2, 0.25) is 0 Å². The molecule has 5 nitrogen and oxygen atoms in total. The number of hydrogen-bond donors (Lipinski definition) is 0. The van der Waals surface area contributed by atoms with Crippen LogP contribution in [-0.4, -0.2) is 15.0 Å². The van der Waals surface area contributed by atoms with Gasteiger partial charge in [-0.05, 0) is 81.9 Å². The van der Waals surface area contributed by atoms with Gasteiger partial charge in [0.25, 0.3) is 0 Å². The van der Waals surface area contributed by atoms with Crippen molar-refractivity contribution in [1.29, 1.82) is 0 Å². The maximum Gasteiger partial charge on any atom is 0.164 e. The third-order valence-corrected chi connectivity index (χ3v) is 10.6. The molecule has 56 heavy (non-hydrogen) atoms. The molecule has 0 aliphatic rings. The van der Waals surface area contributed by atoms with Crippen molar-refractivity contribution in [2.45, 2.75) is 0 Å². The fourth-order valence-electron chi connectivity index (χ4n) is 7.68. The van der Waals surface area contributed by atoms with E-state index < -0.39 is 0 Å². The minimum absolute atomic E-state index is 0.575. The van der Waals surface area contributed by atoms with E-state index in [9.17, 15) is 0 Å². The van der Waals surface area contributed by atoms with Crippen molar-refractivity contribution in [3.05, 3.63) is 188 Å². The second-order valence-corrected chi connectivity index (χ2v) is 14.0. The van der Waals surface area contributed by atoms with Gasteiger partial charge in [-0.1, -0.05) is 140 Å². The molecule has 0 radical (unpaired) electrons. The van der Waals surface area contributed by atoms with Crippen LogP contribution < -0.4 is 0 Å². The van der Waals surface area contributed by atoms with Gasteiger partial charge >= 0.3 is 0 Å². The monoisotopic (exact) mass is 717 g/mol. The van der Waals surface area contributed by atoms with Crippen LogP contribution in [0.25, 0.3) is 111 Å². The molecular formula is C51H31N3O2. The lowest BCUT2D eigenvalue weighted by atomic mass is 10.0. The molecule has 5 heteroatoms. The van der Waals surface area contributed by atoms with Crippen LogP contribution in [0.15, 0.2) is 197 Å². The fourth-order valence-corrected chi connectivity index (χ4v) is 7.68. The summed E-state index contributed by atoms with van der Waals surface area (Å²) in [5, 5.41) is 4.30. The Bertz CT molecular complexity index is 3240. The van der Waals surface area contributed by atoms with E-state index >= 15 is 0 Å². The van der Waals surface area contributed by atoms with Crippen LogP contribution in [-0.2, 0) is 0 Å². The Morgan fingerprint density at radius 3 is 1.32 bits per heavy atom. The van der Waals surface area contributed by atoms with Gasteiger partial charge in [0.15, 0.2) is 17.5 Å². The topological polar surface area (TPSA) is 65.0 Å². The fraction of sp³-hybridized carbons (Fsp3) is 0. The highest BCUT2D eigenvalue weighted by Gasteiger charge is 2.17. The molecule has 11 aromatic rings. The molecular weight excluding hydrogens is 687 g/mol. The molecule has 262 valence electrons. The van der Waals surface area contributed by atoms with Crippen LogP contribution in [0.2, 0.25) is 0 Å². The normalized spacial score (nSPS) is 11.6. The Hall–Kier alpha value is -7.63. The summed E-state index contributed by atoms with van der Waals surface area (Å²) in [6.07, 6.45) is 0. The van der Waals surface area contributed by atoms with Gasteiger partial charge in [0, 0.05) is 38.2 Å². The standard InChI is InChI=1S/C51H31N3O2/c1-3-10-32(11-4-1)34-18-20-35(21-19-34)49-52-50(39-15-9-14-36(28-39)33-12-5-2-6-13-33)54-51(53-49)40-22-25-42-44-30-38(24-27-47(44)56-48(42)31-40)37-23-26-46-43(29-37)41-16-7-8-17-45(41)55-46/h1-31H. The van der Waals surface area contributed by atoms with Crippen LogP contribution in [0.4, 0.5) is 0 Å². The SMILES string of the molecule is c1ccc(-c2ccc(-c3nc(-c4cccc(-c5ccccc5)c4)nc(-c4ccc5c(c4)oc4ccc(-c6ccc7oc8ccccc8c7c6)cc45)n3)cc2)cc1.